The lowest BCUT2D eigenvalue weighted by atomic mass is 10.2. The van der Waals surface area contributed by atoms with E-state index in [1.807, 2.05) is 0 Å². The molecule has 1 heterocycles. The monoisotopic (exact) mass is 361 g/mol. The van der Waals surface area contributed by atoms with Gasteiger partial charge in [0.05, 0.1) is 17.7 Å². The molecule has 2 aromatic carbocycles. The molecule has 3 rings (SSSR count). The van der Waals surface area contributed by atoms with Crippen molar-refractivity contribution in [2.45, 2.75) is 0 Å². The van der Waals surface area contributed by atoms with E-state index in [2.05, 4.69) is 0 Å². The number of methoxy groups -OCH3 is 1. The molecule has 4 nitrogen and oxygen atoms in total. The maximum atomic E-state index is 13.9. The van der Waals surface area contributed by atoms with E-state index in [-0.39, 0.29) is 15.8 Å². The molecule has 1 amide bonds. The minimum absolute atomic E-state index is 0.0316. The minimum Gasteiger partial charge on any atom is -0.504 e. The molecule has 0 spiro atoms. The molecule has 0 atom stereocenters. The van der Waals surface area contributed by atoms with Crippen molar-refractivity contribution in [3.63, 3.8) is 0 Å². The summed E-state index contributed by atoms with van der Waals surface area (Å²) in [6.07, 6.45) is 1.60. The Balaban J connectivity index is 1.94. The number of carbonyl (C=O) groups excluding carboxylic acids is 1. The summed E-state index contributed by atoms with van der Waals surface area (Å²) in [5.74, 6) is -0.607. The highest BCUT2D eigenvalue weighted by atomic mass is 32.2. The van der Waals surface area contributed by atoms with Crippen molar-refractivity contribution in [1.82, 2.24) is 0 Å². The predicted octanol–water partition coefficient (Wildman–Crippen LogP) is 3.95. The molecular weight excluding hydrogens is 349 g/mol. The number of phenolic OH excluding ortho intramolecular Hbond substituents is 1. The molecule has 24 heavy (non-hydrogen) atoms. The summed E-state index contributed by atoms with van der Waals surface area (Å²) in [4.78, 5) is 14.1. The Morgan fingerprint density at radius 3 is 2.71 bits per heavy atom. The second kappa shape index (κ2) is 6.62. The average molecular weight is 361 g/mol. The Bertz CT molecular complexity index is 867. The van der Waals surface area contributed by atoms with E-state index in [1.165, 1.54) is 30.2 Å². The zero-order chi connectivity index (χ0) is 17.3. The van der Waals surface area contributed by atoms with Gasteiger partial charge in [0.15, 0.2) is 15.8 Å². The molecule has 1 N–H and O–H groups in total. The molecule has 1 aliphatic rings. The standard InChI is InChI=1S/C17H12FNO3S2/c1-22-14-7-6-10(8-13(14)20)9-15-16(21)19(17(23)24-15)12-5-3-2-4-11(12)18/h2-9,20H,1H3/b15-9-. The summed E-state index contributed by atoms with van der Waals surface area (Å²) in [5.41, 5.74) is 0.739. The van der Waals surface area contributed by atoms with Gasteiger partial charge < -0.3 is 9.84 Å². The number of phenols is 1. The molecule has 1 fully saturated rings. The smallest absolute Gasteiger partial charge is 0.270 e. The lowest BCUT2D eigenvalue weighted by Gasteiger charge is -2.14. The van der Waals surface area contributed by atoms with Crippen LogP contribution in [0.4, 0.5) is 10.1 Å². The van der Waals surface area contributed by atoms with Gasteiger partial charge in [-0.25, -0.2) is 4.39 Å². The molecule has 0 aromatic heterocycles. The van der Waals surface area contributed by atoms with Crippen LogP contribution in [0.1, 0.15) is 5.56 Å². The van der Waals surface area contributed by atoms with Crippen LogP contribution in [0.3, 0.4) is 0 Å². The molecule has 1 aliphatic heterocycles. The second-order valence-corrected chi connectivity index (χ2v) is 6.58. The zero-order valence-corrected chi connectivity index (χ0v) is 14.2. The second-order valence-electron chi connectivity index (χ2n) is 4.90. The molecule has 1 saturated heterocycles. The number of anilines is 1. The van der Waals surface area contributed by atoms with Gasteiger partial charge in [0.1, 0.15) is 5.82 Å². The first-order valence-corrected chi connectivity index (χ1v) is 8.13. The van der Waals surface area contributed by atoms with Gasteiger partial charge in [0.25, 0.3) is 5.91 Å². The van der Waals surface area contributed by atoms with Crippen molar-refractivity contribution < 1.29 is 19.0 Å². The maximum absolute atomic E-state index is 13.9. The third-order valence-electron chi connectivity index (χ3n) is 3.39. The third kappa shape index (κ3) is 3.00. The lowest BCUT2D eigenvalue weighted by Crippen LogP contribution is -2.28. The topological polar surface area (TPSA) is 49.8 Å². The SMILES string of the molecule is COc1ccc(/C=C2\SC(=S)N(c3ccccc3F)C2=O)cc1O. The number of thiocarbonyl (C=S) groups is 1. The summed E-state index contributed by atoms with van der Waals surface area (Å²) in [5, 5.41) is 9.82. The molecule has 2 aromatic rings. The normalized spacial score (nSPS) is 16.1. The number of amides is 1. The van der Waals surface area contributed by atoms with Crippen LogP contribution in [-0.4, -0.2) is 22.4 Å². The minimum atomic E-state index is -0.517. The van der Waals surface area contributed by atoms with Gasteiger partial charge in [-0.2, -0.15) is 0 Å². The van der Waals surface area contributed by atoms with Gasteiger partial charge in [-0.15, -0.1) is 0 Å². The molecule has 0 saturated carbocycles. The van der Waals surface area contributed by atoms with Crippen LogP contribution in [0.25, 0.3) is 6.08 Å². The highest BCUT2D eigenvalue weighted by Crippen LogP contribution is 2.37. The Labute approximate surface area is 147 Å². The van der Waals surface area contributed by atoms with E-state index in [0.717, 1.165) is 11.8 Å². The number of hydrogen-bond acceptors (Lipinski definition) is 5. The quantitative estimate of drug-likeness (QED) is 0.663. The van der Waals surface area contributed by atoms with Crippen molar-refractivity contribution in [2.75, 3.05) is 12.0 Å². The zero-order valence-electron chi connectivity index (χ0n) is 12.5. The van der Waals surface area contributed by atoms with E-state index in [4.69, 9.17) is 17.0 Å². The van der Waals surface area contributed by atoms with E-state index in [9.17, 15) is 14.3 Å². The number of halogens is 1. The maximum Gasteiger partial charge on any atom is 0.270 e. The van der Waals surface area contributed by atoms with Gasteiger partial charge in [0, 0.05) is 0 Å². The van der Waals surface area contributed by atoms with Gasteiger partial charge in [-0.1, -0.05) is 42.2 Å². The average Bonchev–Trinajstić information content (AvgIpc) is 2.82. The summed E-state index contributed by atoms with van der Waals surface area (Å²) in [6, 6.07) is 10.7. The van der Waals surface area contributed by atoms with Gasteiger partial charge >= 0.3 is 0 Å². The van der Waals surface area contributed by atoms with Crippen LogP contribution < -0.4 is 9.64 Å². The molecular formula is C17H12FNO3S2. The number of aromatic hydroxyl groups is 1. The Morgan fingerprint density at radius 1 is 1.29 bits per heavy atom. The van der Waals surface area contributed by atoms with Crippen LogP contribution in [0.2, 0.25) is 0 Å². The van der Waals surface area contributed by atoms with E-state index < -0.39 is 11.7 Å². The van der Waals surface area contributed by atoms with Gasteiger partial charge in [-0.05, 0) is 35.9 Å². The molecule has 0 aliphatic carbocycles. The highest BCUT2D eigenvalue weighted by molar-refractivity contribution is 8.27. The Kier molecular flexibility index (Phi) is 4.55. The fourth-order valence-electron chi connectivity index (χ4n) is 2.26. The lowest BCUT2D eigenvalue weighted by molar-refractivity contribution is -0.113. The van der Waals surface area contributed by atoms with Crippen LogP contribution in [0, 0.1) is 5.82 Å². The van der Waals surface area contributed by atoms with Crippen LogP contribution in [0.15, 0.2) is 47.4 Å². The van der Waals surface area contributed by atoms with Crippen molar-refractivity contribution in [1.29, 1.82) is 0 Å². The number of nitrogens with zero attached hydrogens (tertiary/aromatic N) is 1. The van der Waals surface area contributed by atoms with Crippen LogP contribution >= 0.6 is 24.0 Å². The number of rotatable bonds is 3. The number of carbonyl (C=O) groups is 1. The number of benzene rings is 2. The molecule has 122 valence electrons. The number of para-hydroxylation sites is 1. The number of ether oxygens (including phenoxy) is 1. The first kappa shape index (κ1) is 16.5. The van der Waals surface area contributed by atoms with Crippen molar-refractivity contribution >= 4 is 46.0 Å². The summed E-state index contributed by atoms with van der Waals surface area (Å²) >= 11 is 6.29. The number of hydrogen-bond donors (Lipinski definition) is 1. The van der Waals surface area contributed by atoms with Crippen molar-refractivity contribution in [3.05, 3.63) is 58.8 Å². The summed E-state index contributed by atoms with van der Waals surface area (Å²) < 4.78 is 19.2. The first-order chi connectivity index (χ1) is 11.5. The predicted molar refractivity (Wildman–Crippen MR) is 96.7 cm³/mol. The van der Waals surface area contributed by atoms with E-state index in [0.29, 0.717) is 16.2 Å². The molecule has 0 bridgehead atoms. The third-order valence-corrected chi connectivity index (χ3v) is 4.69. The molecule has 7 heteroatoms. The summed E-state index contributed by atoms with van der Waals surface area (Å²) in [7, 11) is 1.45. The Hall–Kier alpha value is -2.38. The highest BCUT2D eigenvalue weighted by Gasteiger charge is 2.34. The van der Waals surface area contributed by atoms with Crippen molar-refractivity contribution in [2.24, 2.45) is 0 Å². The fourth-order valence-corrected chi connectivity index (χ4v) is 3.54. The van der Waals surface area contributed by atoms with E-state index in [1.54, 1.807) is 30.3 Å². The van der Waals surface area contributed by atoms with Crippen LogP contribution in [-0.2, 0) is 4.79 Å². The molecule has 0 unspecified atom stereocenters. The largest absolute Gasteiger partial charge is 0.504 e. The first-order valence-electron chi connectivity index (χ1n) is 6.91. The van der Waals surface area contributed by atoms with E-state index >= 15 is 0 Å². The number of thioether (sulfide) groups is 1. The Morgan fingerprint density at radius 2 is 2.04 bits per heavy atom. The van der Waals surface area contributed by atoms with Gasteiger partial charge in [0.2, 0.25) is 0 Å². The fraction of sp³-hybridized carbons (Fsp3) is 0.0588. The van der Waals surface area contributed by atoms with Crippen molar-refractivity contribution in [3.8, 4) is 11.5 Å². The van der Waals surface area contributed by atoms with Crippen LogP contribution in [0.5, 0.6) is 11.5 Å². The summed E-state index contributed by atoms with van der Waals surface area (Å²) in [6.45, 7) is 0. The molecule has 0 radical (unpaired) electrons. The van der Waals surface area contributed by atoms with Gasteiger partial charge in [-0.3, -0.25) is 9.69 Å².